The van der Waals surface area contributed by atoms with Gasteiger partial charge in [0, 0.05) is 48.0 Å². The lowest BCUT2D eigenvalue weighted by molar-refractivity contribution is -0.127. The molecule has 0 saturated carbocycles. The highest BCUT2D eigenvalue weighted by Gasteiger charge is 2.45. The number of carbonyl (C=O) groups excluding carboxylic acids is 2. The van der Waals surface area contributed by atoms with Crippen LogP contribution in [0.3, 0.4) is 0 Å². The van der Waals surface area contributed by atoms with Gasteiger partial charge in [0.1, 0.15) is 17.4 Å². The highest BCUT2D eigenvalue weighted by Crippen LogP contribution is 2.56. The van der Waals surface area contributed by atoms with E-state index in [4.69, 9.17) is 4.74 Å². The van der Waals surface area contributed by atoms with Gasteiger partial charge in [0.25, 0.3) is 0 Å². The van der Waals surface area contributed by atoms with Gasteiger partial charge in [0.2, 0.25) is 0 Å². The number of aryl methyl sites for hydroxylation is 1. The number of aromatic hydroxyl groups is 1. The van der Waals surface area contributed by atoms with E-state index >= 15 is 0 Å². The SMILES string of the molecule is CCCCCCCC(=O)CC(=O)CCc1cc(OC)c(O)c([C@@H]2c3ccnc4c3C(=C[C@@]2(CO)Cc2ccc[n-]2)CCN4)c1. The molecule has 5 rings (SSSR count). The number of anilines is 1. The number of aromatic nitrogens is 2. The largest absolute Gasteiger partial charge is 0.668 e. The Bertz CT molecular complexity index is 1500. The quantitative estimate of drug-likeness (QED) is 0.133. The number of pyridine rings is 1. The second-order valence-electron chi connectivity index (χ2n) is 12.3. The normalized spacial score (nSPS) is 18.7. The maximum Gasteiger partial charge on any atom is 0.161 e. The molecule has 0 amide bonds. The van der Waals surface area contributed by atoms with E-state index in [2.05, 4.69) is 28.3 Å². The number of aliphatic hydroxyl groups excluding tert-OH is 1. The van der Waals surface area contributed by atoms with Gasteiger partial charge in [-0.05, 0) is 54.5 Å². The third-order valence-corrected chi connectivity index (χ3v) is 9.10. The highest BCUT2D eigenvalue weighted by molar-refractivity contribution is 5.99. The third-order valence-electron chi connectivity index (χ3n) is 9.10. The minimum atomic E-state index is -0.792. The van der Waals surface area contributed by atoms with Crippen molar-refractivity contribution in [1.82, 2.24) is 9.97 Å². The van der Waals surface area contributed by atoms with Crippen LogP contribution in [0, 0.1) is 5.41 Å². The first kappa shape index (κ1) is 31.5. The van der Waals surface area contributed by atoms with Gasteiger partial charge < -0.3 is 25.3 Å². The Morgan fingerprint density at radius 2 is 1.93 bits per heavy atom. The molecule has 2 aromatic heterocycles. The van der Waals surface area contributed by atoms with E-state index in [1.165, 1.54) is 13.5 Å². The number of methoxy groups -OCH3 is 1. The van der Waals surface area contributed by atoms with Gasteiger partial charge >= 0.3 is 0 Å². The van der Waals surface area contributed by atoms with Gasteiger partial charge in [-0.3, -0.25) is 9.59 Å². The maximum absolute atomic E-state index is 12.8. The Labute approximate surface area is 260 Å². The fourth-order valence-corrected chi connectivity index (χ4v) is 6.93. The molecule has 0 bridgehead atoms. The summed E-state index contributed by atoms with van der Waals surface area (Å²) in [5.74, 6) is 0.594. The van der Waals surface area contributed by atoms with Crippen molar-refractivity contribution >= 4 is 23.0 Å². The number of phenols is 1. The van der Waals surface area contributed by atoms with Crippen LogP contribution in [-0.4, -0.2) is 47.0 Å². The number of hydrogen-bond acceptors (Lipinski definition) is 7. The van der Waals surface area contributed by atoms with E-state index in [-0.39, 0.29) is 36.8 Å². The van der Waals surface area contributed by atoms with Crippen LogP contribution in [0.2, 0.25) is 0 Å². The first-order chi connectivity index (χ1) is 21.4. The first-order valence-electron chi connectivity index (χ1n) is 15.9. The van der Waals surface area contributed by atoms with Crippen molar-refractivity contribution in [3.05, 3.63) is 76.7 Å². The average molecular weight is 599 g/mol. The first-order valence-corrected chi connectivity index (χ1v) is 15.9. The number of nitrogens with one attached hydrogen (secondary N) is 1. The summed E-state index contributed by atoms with van der Waals surface area (Å²) in [4.78, 5) is 34.3. The number of nitrogens with zero attached hydrogens (tertiary/aromatic N) is 2. The van der Waals surface area contributed by atoms with Gasteiger partial charge in [-0.15, -0.1) is 0 Å². The van der Waals surface area contributed by atoms with Gasteiger partial charge in [0.15, 0.2) is 11.5 Å². The van der Waals surface area contributed by atoms with E-state index in [1.807, 2.05) is 24.3 Å². The molecule has 44 heavy (non-hydrogen) atoms. The standard InChI is InChI=1S/C36H44N3O5/c1-3-4-5-6-7-10-27(41)20-28(42)12-11-24-18-30(34(43)31(19-24)44-2)33-29-14-17-39-35-32(29)25(13-16-38-35)21-36(33,23-40)22-26-9-8-15-37-26/h8-9,14-15,17-19,21,33,40,43H,3-7,10-13,16,20,22-23H2,1-2H3,(H,38,39)/q-1/t33-,36-/m0/s1. The second-order valence-corrected chi connectivity index (χ2v) is 12.3. The number of carbonyl (C=O) groups is 2. The van der Waals surface area contributed by atoms with Gasteiger partial charge in [-0.25, -0.2) is 4.98 Å². The monoisotopic (exact) mass is 598 g/mol. The molecule has 8 nitrogen and oxygen atoms in total. The Kier molecular flexibility index (Phi) is 10.2. The molecule has 3 N–H and O–H groups in total. The van der Waals surface area contributed by atoms with Crippen LogP contribution < -0.4 is 15.0 Å². The van der Waals surface area contributed by atoms with Crippen molar-refractivity contribution in [1.29, 1.82) is 0 Å². The molecule has 3 heterocycles. The Morgan fingerprint density at radius 1 is 1.11 bits per heavy atom. The summed E-state index contributed by atoms with van der Waals surface area (Å²) in [7, 11) is 1.51. The predicted octanol–water partition coefficient (Wildman–Crippen LogP) is 6.14. The van der Waals surface area contributed by atoms with E-state index in [0.717, 1.165) is 72.4 Å². The summed E-state index contributed by atoms with van der Waals surface area (Å²) in [6.07, 6.45) is 13.3. The number of unbranched alkanes of at least 4 members (excludes halogenated alkanes) is 4. The zero-order valence-corrected chi connectivity index (χ0v) is 25.9. The molecule has 234 valence electrons. The van der Waals surface area contributed by atoms with E-state index in [1.54, 1.807) is 18.5 Å². The van der Waals surface area contributed by atoms with Crippen molar-refractivity contribution in [3.8, 4) is 11.5 Å². The molecule has 1 aromatic carbocycles. The zero-order valence-electron chi connectivity index (χ0n) is 25.9. The summed E-state index contributed by atoms with van der Waals surface area (Å²) in [5.41, 5.74) is 4.61. The Hall–Kier alpha value is -3.91. The number of hydrogen-bond donors (Lipinski definition) is 3. The molecule has 0 radical (unpaired) electrons. The van der Waals surface area contributed by atoms with E-state index < -0.39 is 11.3 Å². The van der Waals surface area contributed by atoms with Gasteiger partial charge in [0.05, 0.1) is 20.1 Å². The summed E-state index contributed by atoms with van der Waals surface area (Å²) in [5, 5.41) is 26.2. The fourth-order valence-electron chi connectivity index (χ4n) is 6.93. The molecular formula is C36H44N3O5-. The van der Waals surface area contributed by atoms with Crippen LogP contribution in [-0.2, 0) is 22.4 Å². The molecule has 0 spiro atoms. The summed E-state index contributed by atoms with van der Waals surface area (Å²) < 4.78 is 5.63. The van der Waals surface area contributed by atoms with E-state index in [9.17, 15) is 19.8 Å². The molecule has 1 aliphatic heterocycles. The van der Waals surface area contributed by atoms with Crippen molar-refractivity contribution in [2.24, 2.45) is 5.41 Å². The van der Waals surface area contributed by atoms with Crippen LogP contribution in [0.5, 0.6) is 11.5 Å². The lowest BCUT2D eigenvalue weighted by atomic mass is 9.61. The number of aliphatic hydroxyl groups is 1. The molecule has 0 saturated heterocycles. The molecular weight excluding hydrogens is 554 g/mol. The van der Waals surface area contributed by atoms with Crippen molar-refractivity contribution in [3.63, 3.8) is 0 Å². The molecule has 0 fully saturated rings. The van der Waals surface area contributed by atoms with Crippen molar-refractivity contribution in [2.75, 3.05) is 25.6 Å². The summed E-state index contributed by atoms with van der Waals surface area (Å²) >= 11 is 0. The van der Waals surface area contributed by atoms with Crippen LogP contribution in [0.25, 0.3) is 5.57 Å². The third kappa shape index (κ3) is 6.75. The molecule has 0 unspecified atom stereocenters. The smallest absolute Gasteiger partial charge is 0.161 e. The summed E-state index contributed by atoms with van der Waals surface area (Å²) in [6.45, 7) is 2.75. The number of ketones is 2. The van der Waals surface area contributed by atoms with Crippen LogP contribution in [0.15, 0.2) is 48.8 Å². The lowest BCUT2D eigenvalue weighted by Crippen LogP contribution is -2.38. The topological polar surface area (TPSA) is 123 Å². The molecule has 2 atom stereocenters. The van der Waals surface area contributed by atoms with Crippen LogP contribution in [0.1, 0.15) is 98.6 Å². The van der Waals surface area contributed by atoms with E-state index in [0.29, 0.717) is 30.6 Å². The Morgan fingerprint density at radius 3 is 2.68 bits per heavy atom. The van der Waals surface area contributed by atoms with Gasteiger partial charge in [-0.2, -0.15) is 11.9 Å². The molecule has 3 aromatic rings. The van der Waals surface area contributed by atoms with Crippen molar-refractivity contribution in [2.45, 2.75) is 83.5 Å². The maximum atomic E-state index is 12.8. The highest BCUT2D eigenvalue weighted by atomic mass is 16.5. The minimum Gasteiger partial charge on any atom is -0.668 e. The molecule has 8 heteroatoms. The molecule has 1 aliphatic carbocycles. The van der Waals surface area contributed by atoms with Crippen molar-refractivity contribution < 1.29 is 24.5 Å². The van der Waals surface area contributed by atoms with Crippen LogP contribution in [0.4, 0.5) is 5.82 Å². The predicted molar refractivity (Wildman–Crippen MR) is 171 cm³/mol. The molecule has 2 aliphatic rings. The summed E-state index contributed by atoms with van der Waals surface area (Å²) in [6, 6.07) is 9.51. The Balaban J connectivity index is 1.45. The number of ether oxygens (including phenoxy) is 1. The van der Waals surface area contributed by atoms with Crippen LogP contribution >= 0.6 is 0 Å². The number of phenolic OH excluding ortho intramolecular Hbond substituents is 1. The van der Waals surface area contributed by atoms with Gasteiger partial charge in [-0.1, -0.05) is 56.9 Å². The number of Topliss-reactive ketones (excluding diaryl/α,β-unsaturated/α-hetero) is 2. The minimum absolute atomic E-state index is 0.00481. The number of rotatable bonds is 16. The zero-order chi connectivity index (χ0) is 31.1. The average Bonchev–Trinajstić information content (AvgIpc) is 3.54. The lowest BCUT2D eigenvalue weighted by Gasteiger charge is -2.45. The second kappa shape index (κ2) is 14.2. The fraction of sp³-hybridized carbons (Fsp3) is 0.472. The number of benzene rings is 1.